The number of carbonyl (C=O) groups excluding carboxylic acids is 3. The summed E-state index contributed by atoms with van der Waals surface area (Å²) in [5, 5.41) is 3.22. The van der Waals surface area contributed by atoms with Gasteiger partial charge in [-0.15, -0.1) is 0 Å². The van der Waals surface area contributed by atoms with E-state index in [2.05, 4.69) is 22.4 Å². The van der Waals surface area contributed by atoms with Crippen molar-refractivity contribution in [1.82, 2.24) is 10.2 Å². The zero-order chi connectivity index (χ0) is 25.8. The number of anilines is 1. The second-order valence-corrected chi connectivity index (χ2v) is 11.2. The molecule has 2 aromatic carbocycles. The number of fused-ring (bicyclic) bond motifs is 4. The molecule has 8 heteroatoms. The minimum atomic E-state index is -0.297. The van der Waals surface area contributed by atoms with Crippen LogP contribution in [0.5, 0.6) is 11.5 Å². The largest absolute Gasteiger partial charge is 0.454 e. The number of carbonyl (C=O) groups is 3. The van der Waals surface area contributed by atoms with Crippen LogP contribution in [0.4, 0.5) is 5.69 Å². The standard InChI is InChI=1S/C30H31N3O5/c34-28(31-14-22-12-18-6-8-20(22)11-18)21-3-2-10-32(16-21)24-5-1-4-23-27(24)30(36)33(29(23)35)15-19-7-9-25-26(13-19)38-17-37-25/h1,4-9,13,18,20-22H,2-3,10-12,14-17H2,(H,31,34)/t18-,20+,21-,22-/m1/s1. The van der Waals surface area contributed by atoms with Crippen LogP contribution in [0.15, 0.2) is 48.6 Å². The molecule has 0 aromatic heterocycles. The average Bonchev–Trinajstić information content (AvgIpc) is 3.74. The van der Waals surface area contributed by atoms with E-state index < -0.39 is 0 Å². The molecule has 0 spiro atoms. The summed E-state index contributed by atoms with van der Waals surface area (Å²) in [6, 6.07) is 10.9. The van der Waals surface area contributed by atoms with Crippen LogP contribution in [-0.4, -0.2) is 49.0 Å². The van der Waals surface area contributed by atoms with Crippen molar-refractivity contribution in [3.8, 4) is 11.5 Å². The maximum atomic E-state index is 13.6. The maximum absolute atomic E-state index is 13.6. The number of ether oxygens (including phenoxy) is 2. The number of allylic oxidation sites excluding steroid dienone is 2. The van der Waals surface area contributed by atoms with E-state index in [4.69, 9.17) is 9.47 Å². The molecule has 5 aliphatic rings. The van der Waals surface area contributed by atoms with Gasteiger partial charge in [-0.1, -0.05) is 24.3 Å². The van der Waals surface area contributed by atoms with E-state index in [9.17, 15) is 14.4 Å². The first kappa shape index (κ1) is 23.3. The van der Waals surface area contributed by atoms with E-state index in [0.717, 1.165) is 37.2 Å². The van der Waals surface area contributed by atoms with Crippen molar-refractivity contribution >= 4 is 23.4 Å². The Morgan fingerprint density at radius 3 is 2.76 bits per heavy atom. The van der Waals surface area contributed by atoms with Gasteiger partial charge in [0.15, 0.2) is 11.5 Å². The molecule has 2 bridgehead atoms. The molecule has 8 nitrogen and oxygen atoms in total. The third-order valence-corrected chi connectivity index (χ3v) is 8.84. The van der Waals surface area contributed by atoms with E-state index in [1.54, 1.807) is 12.1 Å². The number of benzene rings is 2. The molecule has 7 rings (SSSR count). The molecule has 2 fully saturated rings. The number of hydrogen-bond acceptors (Lipinski definition) is 6. The van der Waals surface area contributed by atoms with Gasteiger partial charge < -0.3 is 19.7 Å². The normalized spacial score (nSPS) is 26.8. The van der Waals surface area contributed by atoms with Crippen LogP contribution in [0, 0.1) is 23.7 Å². The Morgan fingerprint density at radius 1 is 1.03 bits per heavy atom. The highest BCUT2D eigenvalue weighted by Crippen LogP contribution is 2.43. The van der Waals surface area contributed by atoms with Gasteiger partial charge >= 0.3 is 0 Å². The molecule has 38 heavy (non-hydrogen) atoms. The van der Waals surface area contributed by atoms with Crippen molar-refractivity contribution < 1.29 is 23.9 Å². The molecular formula is C30H31N3O5. The molecular weight excluding hydrogens is 482 g/mol. The smallest absolute Gasteiger partial charge is 0.263 e. The van der Waals surface area contributed by atoms with Gasteiger partial charge in [0.1, 0.15) is 0 Å². The summed E-state index contributed by atoms with van der Waals surface area (Å²) < 4.78 is 10.8. The number of amides is 3. The zero-order valence-electron chi connectivity index (χ0n) is 21.2. The zero-order valence-corrected chi connectivity index (χ0v) is 21.2. The van der Waals surface area contributed by atoms with Crippen molar-refractivity contribution in [1.29, 1.82) is 0 Å². The Labute approximate surface area is 221 Å². The summed E-state index contributed by atoms with van der Waals surface area (Å²) in [5.41, 5.74) is 2.40. The first-order valence-corrected chi connectivity index (χ1v) is 13.6. The fourth-order valence-corrected chi connectivity index (χ4v) is 6.86. The molecule has 4 atom stereocenters. The summed E-state index contributed by atoms with van der Waals surface area (Å²) in [4.78, 5) is 43.4. The van der Waals surface area contributed by atoms with E-state index in [-0.39, 0.29) is 37.0 Å². The van der Waals surface area contributed by atoms with Crippen molar-refractivity contribution in [3.63, 3.8) is 0 Å². The SMILES string of the molecule is O=C(NC[C@H]1C[C@@H]2C=C[C@H]1C2)[C@@H]1CCCN(c2cccc3c2C(=O)N(Cc2ccc4c(c2)OCO4)C3=O)C1. The van der Waals surface area contributed by atoms with Gasteiger partial charge in [0.2, 0.25) is 12.7 Å². The molecule has 0 radical (unpaired) electrons. The fraction of sp³-hybridized carbons (Fsp3) is 0.433. The molecule has 3 aliphatic heterocycles. The number of nitrogens with zero attached hydrogens (tertiary/aromatic N) is 2. The first-order valence-electron chi connectivity index (χ1n) is 13.6. The Hall–Kier alpha value is -3.81. The van der Waals surface area contributed by atoms with Crippen LogP contribution >= 0.6 is 0 Å². The van der Waals surface area contributed by atoms with Gasteiger partial charge in [0.05, 0.1) is 29.3 Å². The molecule has 1 saturated heterocycles. The fourth-order valence-electron chi connectivity index (χ4n) is 6.86. The predicted octanol–water partition coefficient (Wildman–Crippen LogP) is 3.76. The predicted molar refractivity (Wildman–Crippen MR) is 140 cm³/mol. The second kappa shape index (κ2) is 9.19. The van der Waals surface area contributed by atoms with E-state index in [1.165, 1.54) is 17.7 Å². The average molecular weight is 514 g/mol. The topological polar surface area (TPSA) is 88.2 Å². The summed E-state index contributed by atoms with van der Waals surface area (Å²) in [6.07, 6.45) is 8.74. The lowest BCUT2D eigenvalue weighted by Crippen LogP contribution is -2.44. The quantitative estimate of drug-likeness (QED) is 0.468. The summed E-state index contributed by atoms with van der Waals surface area (Å²) in [7, 11) is 0. The number of imide groups is 1. The Bertz CT molecular complexity index is 1350. The van der Waals surface area contributed by atoms with Gasteiger partial charge in [0, 0.05) is 19.6 Å². The molecule has 0 unspecified atom stereocenters. The number of piperidine rings is 1. The number of nitrogens with one attached hydrogen (secondary N) is 1. The van der Waals surface area contributed by atoms with Gasteiger partial charge in [0.25, 0.3) is 11.8 Å². The lowest BCUT2D eigenvalue weighted by molar-refractivity contribution is -0.125. The Kier molecular flexibility index (Phi) is 5.64. The lowest BCUT2D eigenvalue weighted by atomic mass is 9.92. The highest BCUT2D eigenvalue weighted by atomic mass is 16.7. The van der Waals surface area contributed by atoms with E-state index in [0.29, 0.717) is 46.9 Å². The van der Waals surface area contributed by atoms with Crippen molar-refractivity contribution in [3.05, 3.63) is 65.2 Å². The van der Waals surface area contributed by atoms with Crippen molar-refractivity contribution in [2.24, 2.45) is 23.7 Å². The van der Waals surface area contributed by atoms with Gasteiger partial charge in [-0.3, -0.25) is 19.3 Å². The van der Waals surface area contributed by atoms with E-state index >= 15 is 0 Å². The summed E-state index contributed by atoms with van der Waals surface area (Å²) in [6.45, 7) is 2.36. The monoisotopic (exact) mass is 513 g/mol. The summed E-state index contributed by atoms with van der Waals surface area (Å²) >= 11 is 0. The van der Waals surface area contributed by atoms with Crippen molar-refractivity contribution in [2.45, 2.75) is 32.2 Å². The highest BCUT2D eigenvalue weighted by molar-refractivity contribution is 6.23. The van der Waals surface area contributed by atoms with Gasteiger partial charge in [-0.2, -0.15) is 0 Å². The Morgan fingerprint density at radius 2 is 1.92 bits per heavy atom. The first-order chi connectivity index (χ1) is 18.5. The molecule has 1 N–H and O–H groups in total. The van der Waals surface area contributed by atoms with Crippen molar-refractivity contribution in [2.75, 3.05) is 31.3 Å². The number of rotatable bonds is 6. The third kappa shape index (κ3) is 3.94. The molecule has 1 saturated carbocycles. The second-order valence-electron chi connectivity index (χ2n) is 11.2. The Balaban J connectivity index is 1.05. The van der Waals surface area contributed by atoms with E-state index in [1.807, 2.05) is 24.3 Å². The molecule has 2 aromatic rings. The molecule has 3 amide bonds. The van der Waals surface area contributed by atoms with Crippen LogP contribution in [0.3, 0.4) is 0 Å². The summed E-state index contributed by atoms with van der Waals surface area (Å²) in [5.74, 6) is 2.50. The highest BCUT2D eigenvalue weighted by Gasteiger charge is 2.40. The lowest BCUT2D eigenvalue weighted by Gasteiger charge is -2.35. The molecule has 196 valence electrons. The van der Waals surface area contributed by atoms with Crippen LogP contribution in [0.2, 0.25) is 0 Å². The molecule has 2 aliphatic carbocycles. The van der Waals surface area contributed by atoms with Crippen LogP contribution in [-0.2, 0) is 11.3 Å². The molecule has 3 heterocycles. The van der Waals surface area contributed by atoms with Crippen LogP contribution in [0.25, 0.3) is 0 Å². The van der Waals surface area contributed by atoms with Crippen LogP contribution in [0.1, 0.15) is 52.0 Å². The van der Waals surface area contributed by atoms with Crippen LogP contribution < -0.4 is 19.7 Å². The van der Waals surface area contributed by atoms with Gasteiger partial charge in [-0.05, 0) is 73.3 Å². The maximum Gasteiger partial charge on any atom is 0.263 e. The minimum absolute atomic E-state index is 0.0980. The minimum Gasteiger partial charge on any atom is -0.454 e. The third-order valence-electron chi connectivity index (χ3n) is 8.84. The number of hydrogen-bond donors (Lipinski definition) is 1. The van der Waals surface area contributed by atoms with Gasteiger partial charge in [-0.25, -0.2) is 0 Å².